The molecule has 0 aliphatic carbocycles. The number of carboxylic acid groups (broad SMARTS) is 1. The molecular weight excluding hydrogens is 378 g/mol. The predicted molar refractivity (Wildman–Crippen MR) is 113 cm³/mol. The lowest BCUT2D eigenvalue weighted by Crippen LogP contribution is -2.44. The molecule has 5 nitrogen and oxygen atoms in total. The highest BCUT2D eigenvalue weighted by atomic mass is 16.5. The highest BCUT2D eigenvalue weighted by Crippen LogP contribution is 2.43. The van der Waals surface area contributed by atoms with Gasteiger partial charge in [-0.05, 0) is 41.8 Å². The van der Waals surface area contributed by atoms with Crippen LogP contribution in [-0.4, -0.2) is 28.5 Å². The van der Waals surface area contributed by atoms with Crippen LogP contribution in [-0.2, 0) is 11.3 Å². The van der Waals surface area contributed by atoms with Gasteiger partial charge in [0, 0.05) is 12.1 Å². The number of carbonyl (C=O) groups excluding carboxylic acids is 1. The molecule has 1 aliphatic heterocycles. The minimum Gasteiger partial charge on any atom is -0.494 e. The minimum atomic E-state index is -0.952. The SMILES string of the molecule is CCOc1ccc([C@@H]2[C@@H](C(=O)O)c3ccccc3C(=O)N2Cc2ccccc2)cc1. The Morgan fingerprint density at radius 3 is 2.30 bits per heavy atom. The zero-order chi connectivity index (χ0) is 21.1. The lowest BCUT2D eigenvalue weighted by molar-refractivity contribution is -0.140. The quantitative estimate of drug-likeness (QED) is 0.653. The van der Waals surface area contributed by atoms with Crippen molar-refractivity contribution in [1.29, 1.82) is 0 Å². The maximum absolute atomic E-state index is 13.5. The fourth-order valence-electron chi connectivity index (χ4n) is 4.11. The Kier molecular flexibility index (Phi) is 5.53. The monoisotopic (exact) mass is 401 g/mol. The second-order valence-corrected chi connectivity index (χ2v) is 7.27. The first-order valence-electron chi connectivity index (χ1n) is 9.99. The molecule has 1 amide bonds. The van der Waals surface area contributed by atoms with Crippen molar-refractivity contribution >= 4 is 11.9 Å². The molecule has 2 atom stereocenters. The number of aliphatic carboxylic acids is 1. The van der Waals surface area contributed by atoms with Crippen LogP contribution in [0.15, 0.2) is 78.9 Å². The van der Waals surface area contributed by atoms with Crippen molar-refractivity contribution in [3.05, 3.63) is 101 Å². The van der Waals surface area contributed by atoms with Gasteiger partial charge in [-0.25, -0.2) is 0 Å². The van der Waals surface area contributed by atoms with Crippen molar-refractivity contribution in [3.63, 3.8) is 0 Å². The molecule has 152 valence electrons. The summed E-state index contributed by atoms with van der Waals surface area (Å²) in [5.41, 5.74) is 2.72. The van der Waals surface area contributed by atoms with E-state index < -0.39 is 17.9 Å². The van der Waals surface area contributed by atoms with Crippen LogP contribution in [0.2, 0.25) is 0 Å². The molecule has 4 rings (SSSR count). The van der Waals surface area contributed by atoms with Crippen molar-refractivity contribution in [3.8, 4) is 5.75 Å². The molecule has 0 spiro atoms. The lowest BCUT2D eigenvalue weighted by atomic mass is 9.79. The lowest BCUT2D eigenvalue weighted by Gasteiger charge is -2.41. The average Bonchev–Trinajstić information content (AvgIpc) is 2.77. The van der Waals surface area contributed by atoms with Crippen molar-refractivity contribution < 1.29 is 19.4 Å². The number of ether oxygens (including phenoxy) is 1. The number of hydrogen-bond acceptors (Lipinski definition) is 3. The molecule has 0 saturated heterocycles. The summed E-state index contributed by atoms with van der Waals surface area (Å²) in [5.74, 6) is -1.26. The number of carboxylic acids is 1. The number of fused-ring (bicyclic) bond motifs is 1. The second kappa shape index (κ2) is 8.41. The van der Waals surface area contributed by atoms with E-state index in [1.165, 1.54) is 0 Å². The van der Waals surface area contributed by atoms with E-state index in [0.29, 0.717) is 30.0 Å². The van der Waals surface area contributed by atoms with Crippen LogP contribution in [0.5, 0.6) is 5.75 Å². The van der Waals surface area contributed by atoms with Gasteiger partial charge in [0.1, 0.15) is 11.7 Å². The van der Waals surface area contributed by atoms with Gasteiger partial charge in [-0.3, -0.25) is 9.59 Å². The number of hydrogen-bond donors (Lipinski definition) is 1. The Balaban J connectivity index is 1.84. The van der Waals surface area contributed by atoms with Crippen molar-refractivity contribution in [2.24, 2.45) is 0 Å². The Morgan fingerprint density at radius 2 is 1.63 bits per heavy atom. The molecule has 1 heterocycles. The van der Waals surface area contributed by atoms with Gasteiger partial charge in [-0.2, -0.15) is 0 Å². The van der Waals surface area contributed by atoms with Crippen LogP contribution < -0.4 is 4.74 Å². The van der Waals surface area contributed by atoms with Gasteiger partial charge in [0.15, 0.2) is 0 Å². The van der Waals surface area contributed by atoms with Crippen molar-refractivity contribution in [1.82, 2.24) is 4.90 Å². The van der Waals surface area contributed by atoms with Crippen molar-refractivity contribution in [2.75, 3.05) is 6.61 Å². The minimum absolute atomic E-state index is 0.161. The molecule has 0 bridgehead atoms. The number of rotatable bonds is 6. The van der Waals surface area contributed by atoms with Gasteiger partial charge in [-0.1, -0.05) is 60.7 Å². The smallest absolute Gasteiger partial charge is 0.313 e. The van der Waals surface area contributed by atoms with Gasteiger partial charge >= 0.3 is 5.97 Å². The number of nitrogens with zero attached hydrogens (tertiary/aromatic N) is 1. The maximum atomic E-state index is 13.5. The standard InChI is InChI=1S/C25H23NO4/c1-2-30-19-14-12-18(13-15-19)23-22(25(28)29)20-10-6-7-11-21(20)24(27)26(23)16-17-8-4-3-5-9-17/h3-15,22-23H,2,16H2,1H3,(H,28,29)/t22-,23+/m0/s1. The zero-order valence-electron chi connectivity index (χ0n) is 16.7. The number of benzene rings is 3. The Hall–Kier alpha value is -3.60. The fourth-order valence-corrected chi connectivity index (χ4v) is 4.11. The summed E-state index contributed by atoms with van der Waals surface area (Å²) < 4.78 is 5.53. The van der Waals surface area contributed by atoms with Crippen LogP contribution >= 0.6 is 0 Å². The molecule has 1 aliphatic rings. The largest absolute Gasteiger partial charge is 0.494 e. The Morgan fingerprint density at radius 1 is 0.967 bits per heavy atom. The molecule has 0 saturated carbocycles. The fraction of sp³-hybridized carbons (Fsp3) is 0.200. The summed E-state index contributed by atoms with van der Waals surface area (Å²) in [6.45, 7) is 2.79. The number of amides is 1. The summed E-state index contributed by atoms with van der Waals surface area (Å²) in [6, 6.07) is 23.4. The Bertz CT molecular complexity index is 1050. The third kappa shape index (κ3) is 3.66. The molecule has 0 aromatic heterocycles. The first-order chi connectivity index (χ1) is 14.6. The van der Waals surface area contributed by atoms with Crippen molar-refractivity contribution in [2.45, 2.75) is 25.4 Å². The molecule has 30 heavy (non-hydrogen) atoms. The van der Waals surface area contributed by atoms with Crippen LogP contribution in [0, 0.1) is 0 Å². The molecule has 5 heteroatoms. The molecular formula is C25H23NO4. The van der Waals surface area contributed by atoms with E-state index in [1.807, 2.05) is 61.5 Å². The second-order valence-electron chi connectivity index (χ2n) is 7.27. The third-order valence-electron chi connectivity index (χ3n) is 5.43. The number of carbonyl (C=O) groups is 2. The van der Waals surface area contributed by atoms with E-state index in [-0.39, 0.29) is 5.91 Å². The summed E-state index contributed by atoms with van der Waals surface area (Å²) >= 11 is 0. The third-order valence-corrected chi connectivity index (χ3v) is 5.43. The first kappa shape index (κ1) is 19.7. The van der Waals surface area contributed by atoms with E-state index >= 15 is 0 Å². The van der Waals surface area contributed by atoms with E-state index in [4.69, 9.17) is 4.74 Å². The predicted octanol–water partition coefficient (Wildman–Crippen LogP) is 4.65. The van der Waals surface area contributed by atoms with Crippen LogP contribution in [0.1, 0.15) is 45.9 Å². The maximum Gasteiger partial charge on any atom is 0.313 e. The average molecular weight is 401 g/mol. The van der Waals surface area contributed by atoms with Gasteiger partial charge < -0.3 is 14.7 Å². The normalized spacial score (nSPS) is 18.0. The van der Waals surface area contributed by atoms with E-state index in [1.54, 1.807) is 29.2 Å². The Labute approximate surface area is 175 Å². The van der Waals surface area contributed by atoms with E-state index in [0.717, 1.165) is 11.1 Å². The topological polar surface area (TPSA) is 66.8 Å². The zero-order valence-corrected chi connectivity index (χ0v) is 16.7. The van der Waals surface area contributed by atoms with E-state index in [9.17, 15) is 14.7 Å². The summed E-state index contributed by atoms with van der Waals surface area (Å²) in [6.07, 6.45) is 0. The first-order valence-corrected chi connectivity index (χ1v) is 9.99. The summed E-state index contributed by atoms with van der Waals surface area (Å²) in [5, 5.41) is 10.2. The summed E-state index contributed by atoms with van der Waals surface area (Å²) in [7, 11) is 0. The van der Waals surface area contributed by atoms with E-state index in [2.05, 4.69) is 0 Å². The molecule has 0 fully saturated rings. The highest BCUT2D eigenvalue weighted by Gasteiger charge is 2.44. The van der Waals surface area contributed by atoms with Crippen LogP contribution in [0.25, 0.3) is 0 Å². The van der Waals surface area contributed by atoms with Gasteiger partial charge in [-0.15, -0.1) is 0 Å². The molecule has 3 aromatic rings. The van der Waals surface area contributed by atoms with Crippen LogP contribution in [0.3, 0.4) is 0 Å². The van der Waals surface area contributed by atoms with Gasteiger partial charge in [0.2, 0.25) is 0 Å². The summed E-state index contributed by atoms with van der Waals surface area (Å²) in [4.78, 5) is 27.5. The molecule has 0 radical (unpaired) electrons. The highest BCUT2D eigenvalue weighted by molar-refractivity contribution is 6.00. The van der Waals surface area contributed by atoms with Gasteiger partial charge in [0.05, 0.1) is 12.6 Å². The van der Waals surface area contributed by atoms with Crippen LogP contribution in [0.4, 0.5) is 0 Å². The molecule has 1 N–H and O–H groups in total. The van der Waals surface area contributed by atoms with Gasteiger partial charge in [0.25, 0.3) is 5.91 Å². The molecule has 3 aromatic carbocycles. The molecule has 0 unspecified atom stereocenters.